The molecule has 0 saturated heterocycles. The highest BCUT2D eigenvalue weighted by atomic mass is 28.4. The minimum Gasteiger partial charge on any atom is -0.405 e. The maximum atomic E-state index is 7.08. The van der Waals surface area contributed by atoms with Crippen molar-refractivity contribution >= 4 is 24.5 Å². The van der Waals surface area contributed by atoms with Crippen LogP contribution in [0, 0.1) is 0 Å². The van der Waals surface area contributed by atoms with Crippen molar-refractivity contribution in [2.24, 2.45) is 0 Å². The summed E-state index contributed by atoms with van der Waals surface area (Å²) in [5.41, 5.74) is 6.59. The summed E-state index contributed by atoms with van der Waals surface area (Å²) in [6.45, 7) is 9.48. The van der Waals surface area contributed by atoms with E-state index in [0.717, 1.165) is 0 Å². The summed E-state index contributed by atoms with van der Waals surface area (Å²) in [5.74, 6) is 1.14. The smallest absolute Gasteiger partial charge is 0.261 e. The second kappa shape index (κ2) is 9.29. The van der Waals surface area contributed by atoms with Crippen LogP contribution in [0.15, 0.2) is 85.2 Å². The molecule has 0 aliphatic carbocycles. The van der Waals surface area contributed by atoms with Crippen LogP contribution in [0.5, 0.6) is 0 Å². The van der Waals surface area contributed by atoms with Gasteiger partial charge in [0.2, 0.25) is 0 Å². The Hall–Kier alpha value is -3.29. The molecule has 33 heavy (non-hydrogen) atoms. The Labute approximate surface area is 196 Å². The van der Waals surface area contributed by atoms with Gasteiger partial charge in [-0.25, -0.2) is 4.98 Å². The molecule has 170 valence electrons. The molecule has 0 bridgehead atoms. The molecule has 2 aromatic heterocycles. The van der Waals surface area contributed by atoms with E-state index in [0.29, 0.717) is 23.9 Å². The molecule has 2 N–H and O–H groups in total. The quantitative estimate of drug-likeness (QED) is 0.424. The lowest BCUT2D eigenvalue weighted by Gasteiger charge is -2.43. The first-order chi connectivity index (χ1) is 15.8. The van der Waals surface area contributed by atoms with Gasteiger partial charge in [-0.05, 0) is 34.5 Å². The summed E-state index contributed by atoms with van der Waals surface area (Å²) in [4.78, 5) is 4.42. The van der Waals surface area contributed by atoms with Gasteiger partial charge < -0.3 is 14.7 Å². The van der Waals surface area contributed by atoms with Crippen molar-refractivity contribution in [3.63, 3.8) is 0 Å². The maximum absolute atomic E-state index is 7.08. The first kappa shape index (κ1) is 22.9. The minimum absolute atomic E-state index is 0.000111. The van der Waals surface area contributed by atoms with E-state index in [1.54, 1.807) is 12.4 Å². The molecule has 1 unspecified atom stereocenters. The first-order valence-corrected chi connectivity index (χ1v) is 13.1. The van der Waals surface area contributed by atoms with Crippen LogP contribution in [0.25, 0.3) is 11.5 Å². The average Bonchev–Trinajstić information content (AvgIpc) is 3.30. The highest BCUT2D eigenvalue weighted by Crippen LogP contribution is 2.37. The van der Waals surface area contributed by atoms with Crippen molar-refractivity contribution < 1.29 is 4.43 Å². The largest absolute Gasteiger partial charge is 0.405 e. The SMILES string of the molecule is CC(CO[Si](c1ccccc1)(c1ccccc1)C(C)(C)C)n1cnnc1-c1cccc(N)n1. The zero-order valence-electron chi connectivity index (χ0n) is 19.6. The molecule has 4 rings (SSSR count). The summed E-state index contributed by atoms with van der Waals surface area (Å²) < 4.78 is 9.10. The van der Waals surface area contributed by atoms with Crippen LogP contribution in [-0.4, -0.2) is 34.7 Å². The Balaban J connectivity index is 1.72. The summed E-state index contributed by atoms with van der Waals surface area (Å²) in [7, 11) is -2.62. The predicted molar refractivity (Wildman–Crippen MR) is 136 cm³/mol. The Morgan fingerprint density at radius 3 is 2.06 bits per heavy atom. The van der Waals surface area contributed by atoms with E-state index in [4.69, 9.17) is 10.2 Å². The normalized spacial score (nSPS) is 13.1. The number of rotatable bonds is 7. The number of aromatic nitrogens is 4. The van der Waals surface area contributed by atoms with Gasteiger partial charge in [0.05, 0.1) is 12.6 Å². The number of pyridine rings is 1. The van der Waals surface area contributed by atoms with Crippen LogP contribution in [-0.2, 0) is 4.43 Å². The van der Waals surface area contributed by atoms with E-state index >= 15 is 0 Å². The van der Waals surface area contributed by atoms with Crippen LogP contribution in [0.2, 0.25) is 5.04 Å². The number of benzene rings is 2. The fourth-order valence-electron chi connectivity index (χ4n) is 4.41. The zero-order chi connectivity index (χ0) is 23.5. The molecule has 0 radical (unpaired) electrons. The van der Waals surface area contributed by atoms with Gasteiger partial charge in [0.1, 0.15) is 17.8 Å². The van der Waals surface area contributed by atoms with Gasteiger partial charge in [0, 0.05) is 0 Å². The molecule has 2 aromatic carbocycles. The van der Waals surface area contributed by atoms with Gasteiger partial charge in [0.25, 0.3) is 8.32 Å². The lowest BCUT2D eigenvalue weighted by atomic mass is 10.2. The van der Waals surface area contributed by atoms with Gasteiger partial charge in [-0.3, -0.25) is 0 Å². The minimum atomic E-state index is -2.62. The third-order valence-electron chi connectivity index (χ3n) is 6.01. The number of hydrogen-bond acceptors (Lipinski definition) is 5. The molecule has 0 fully saturated rings. The third kappa shape index (κ3) is 4.47. The van der Waals surface area contributed by atoms with E-state index in [1.165, 1.54) is 10.4 Å². The highest BCUT2D eigenvalue weighted by Gasteiger charge is 2.50. The summed E-state index contributed by atoms with van der Waals surface area (Å²) in [6.07, 6.45) is 1.74. The Morgan fingerprint density at radius 1 is 0.909 bits per heavy atom. The van der Waals surface area contributed by atoms with Crippen molar-refractivity contribution in [1.29, 1.82) is 0 Å². The van der Waals surface area contributed by atoms with Crippen molar-refractivity contribution in [3.05, 3.63) is 85.2 Å². The second-order valence-corrected chi connectivity index (χ2v) is 13.6. The van der Waals surface area contributed by atoms with Crippen molar-refractivity contribution in [2.45, 2.75) is 38.8 Å². The standard InChI is InChI=1S/C26H31N5OSi/c1-20(31-19-28-30-25(31)23-16-11-17-24(27)29-23)18-32-33(26(2,3)4,21-12-7-5-8-13-21)22-14-9-6-10-15-22/h5-17,19-20H,18H2,1-4H3,(H2,27,29). The first-order valence-electron chi connectivity index (χ1n) is 11.2. The van der Waals surface area contributed by atoms with Crippen LogP contribution >= 0.6 is 0 Å². The van der Waals surface area contributed by atoms with Gasteiger partial charge >= 0.3 is 0 Å². The topological polar surface area (TPSA) is 78.8 Å². The second-order valence-electron chi connectivity index (χ2n) is 9.33. The number of hydrogen-bond donors (Lipinski definition) is 1. The molecule has 0 saturated carbocycles. The van der Waals surface area contributed by atoms with Crippen LogP contribution in [0.4, 0.5) is 5.82 Å². The summed E-state index contributed by atoms with van der Waals surface area (Å²) in [6, 6.07) is 26.9. The highest BCUT2D eigenvalue weighted by molar-refractivity contribution is 6.99. The lowest BCUT2D eigenvalue weighted by Crippen LogP contribution is -2.66. The van der Waals surface area contributed by atoms with Crippen molar-refractivity contribution in [2.75, 3.05) is 12.3 Å². The Bertz CT molecular complexity index is 1150. The fourth-order valence-corrected chi connectivity index (χ4v) is 9.06. The zero-order valence-corrected chi connectivity index (χ0v) is 20.6. The molecule has 0 aliphatic heterocycles. The molecule has 6 nitrogen and oxygen atoms in total. The molecular weight excluding hydrogens is 426 g/mol. The molecule has 4 aromatic rings. The summed E-state index contributed by atoms with van der Waals surface area (Å²) in [5, 5.41) is 10.9. The monoisotopic (exact) mass is 457 g/mol. The molecule has 1 atom stereocenters. The maximum Gasteiger partial charge on any atom is 0.261 e. The molecular formula is C26H31N5OSi. The Morgan fingerprint density at radius 2 is 1.52 bits per heavy atom. The fraction of sp³-hybridized carbons (Fsp3) is 0.269. The van der Waals surface area contributed by atoms with E-state index in [2.05, 4.69) is 104 Å². The van der Waals surface area contributed by atoms with Gasteiger partial charge in [-0.2, -0.15) is 0 Å². The Kier molecular flexibility index (Phi) is 6.44. The predicted octanol–water partition coefficient (Wildman–Crippen LogP) is 4.06. The number of nitrogens with two attached hydrogens (primary N) is 1. The van der Waals surface area contributed by atoms with Crippen molar-refractivity contribution in [1.82, 2.24) is 19.7 Å². The average molecular weight is 458 g/mol. The summed E-state index contributed by atoms with van der Waals surface area (Å²) >= 11 is 0. The molecule has 0 aliphatic rings. The molecule has 7 heteroatoms. The van der Waals surface area contributed by atoms with Crippen LogP contribution in [0.3, 0.4) is 0 Å². The lowest BCUT2D eigenvalue weighted by molar-refractivity contribution is 0.246. The van der Waals surface area contributed by atoms with E-state index in [1.807, 2.05) is 16.7 Å². The van der Waals surface area contributed by atoms with E-state index < -0.39 is 8.32 Å². The van der Waals surface area contributed by atoms with Gasteiger partial charge in [-0.15, -0.1) is 10.2 Å². The van der Waals surface area contributed by atoms with Gasteiger partial charge in [0.15, 0.2) is 5.82 Å². The van der Waals surface area contributed by atoms with Crippen molar-refractivity contribution in [3.8, 4) is 11.5 Å². The number of nitrogen functional groups attached to an aromatic ring is 1. The molecule has 0 amide bonds. The van der Waals surface area contributed by atoms with E-state index in [9.17, 15) is 0 Å². The number of nitrogens with zero attached hydrogens (tertiary/aromatic N) is 4. The van der Waals surface area contributed by atoms with Gasteiger partial charge in [-0.1, -0.05) is 87.5 Å². The molecule has 0 spiro atoms. The van der Waals surface area contributed by atoms with E-state index in [-0.39, 0.29) is 11.1 Å². The van der Waals surface area contributed by atoms with Crippen LogP contribution in [0.1, 0.15) is 33.7 Å². The third-order valence-corrected chi connectivity index (χ3v) is 11.0. The van der Waals surface area contributed by atoms with Crippen LogP contribution < -0.4 is 16.1 Å². The number of anilines is 1. The molecule has 2 heterocycles.